The number of nitriles is 1. The summed E-state index contributed by atoms with van der Waals surface area (Å²) < 4.78 is 0. The van der Waals surface area contributed by atoms with Gasteiger partial charge in [-0.2, -0.15) is 5.26 Å². The highest BCUT2D eigenvalue weighted by molar-refractivity contribution is 4.91. The fourth-order valence-corrected chi connectivity index (χ4v) is 2.15. The van der Waals surface area contributed by atoms with Crippen LogP contribution in [0.25, 0.3) is 0 Å². The van der Waals surface area contributed by atoms with Crippen molar-refractivity contribution in [1.29, 1.82) is 5.26 Å². The number of unbranched alkanes of at least 4 members (excludes halogenated alkanes) is 1. The van der Waals surface area contributed by atoms with Crippen LogP contribution in [0.5, 0.6) is 0 Å². The maximum absolute atomic E-state index is 8.92. The monoisotopic (exact) mass is 223 g/mol. The maximum Gasteiger partial charge on any atom is 0.0683 e. The molecule has 0 bridgehead atoms. The van der Waals surface area contributed by atoms with Crippen LogP contribution < -0.4 is 5.32 Å². The largest absolute Gasteiger partial charge is 0.314 e. The second-order valence-corrected chi connectivity index (χ2v) is 5.54. The molecule has 0 spiro atoms. The molecule has 0 aliphatic carbocycles. The Kier molecular flexibility index (Phi) is 5.24. The van der Waals surface area contributed by atoms with Crippen molar-refractivity contribution in [2.24, 2.45) is 5.41 Å². The van der Waals surface area contributed by atoms with E-state index in [2.05, 4.69) is 23.2 Å². The molecule has 0 aromatic heterocycles. The van der Waals surface area contributed by atoms with E-state index in [0.717, 1.165) is 25.9 Å². The van der Waals surface area contributed by atoms with E-state index >= 15 is 0 Å². The van der Waals surface area contributed by atoms with Gasteiger partial charge in [0.05, 0.1) is 11.5 Å². The van der Waals surface area contributed by atoms with E-state index in [4.69, 9.17) is 5.26 Å². The van der Waals surface area contributed by atoms with Crippen molar-refractivity contribution >= 4 is 0 Å². The lowest BCUT2D eigenvalue weighted by Gasteiger charge is -2.34. The highest BCUT2D eigenvalue weighted by Crippen LogP contribution is 2.21. The SMILES string of the molecule is C[C@H]1CNCCN1CCCCC(C)(C)C#N. The van der Waals surface area contributed by atoms with Crippen molar-refractivity contribution < 1.29 is 0 Å². The van der Waals surface area contributed by atoms with Gasteiger partial charge in [0.25, 0.3) is 0 Å². The summed E-state index contributed by atoms with van der Waals surface area (Å²) in [5.74, 6) is 0. The van der Waals surface area contributed by atoms with Crippen LogP contribution in [0.1, 0.15) is 40.0 Å². The number of nitrogens with one attached hydrogen (secondary N) is 1. The summed E-state index contributed by atoms with van der Waals surface area (Å²) in [6.45, 7) is 10.9. The van der Waals surface area contributed by atoms with Crippen LogP contribution in [0.2, 0.25) is 0 Å². The molecule has 1 saturated heterocycles. The molecular weight excluding hydrogens is 198 g/mol. The molecule has 1 aliphatic heterocycles. The predicted octanol–water partition coefficient (Wildman–Crippen LogP) is 2.00. The van der Waals surface area contributed by atoms with Gasteiger partial charge in [-0.15, -0.1) is 0 Å². The molecule has 92 valence electrons. The first-order valence-corrected chi connectivity index (χ1v) is 6.41. The molecule has 1 fully saturated rings. The van der Waals surface area contributed by atoms with Crippen LogP contribution in [0.3, 0.4) is 0 Å². The average Bonchev–Trinajstić information content (AvgIpc) is 2.27. The summed E-state index contributed by atoms with van der Waals surface area (Å²) in [6.07, 6.45) is 3.40. The molecule has 1 heterocycles. The van der Waals surface area contributed by atoms with Gasteiger partial charge in [0.15, 0.2) is 0 Å². The third kappa shape index (κ3) is 4.51. The first-order valence-electron chi connectivity index (χ1n) is 6.41. The Morgan fingerprint density at radius 1 is 1.44 bits per heavy atom. The third-order valence-electron chi connectivity index (χ3n) is 3.44. The zero-order valence-electron chi connectivity index (χ0n) is 10.9. The highest BCUT2D eigenvalue weighted by Gasteiger charge is 2.18. The Labute approximate surface area is 99.8 Å². The molecule has 3 nitrogen and oxygen atoms in total. The minimum atomic E-state index is -0.144. The van der Waals surface area contributed by atoms with Crippen molar-refractivity contribution in [3.8, 4) is 6.07 Å². The van der Waals surface area contributed by atoms with Crippen molar-refractivity contribution in [3.05, 3.63) is 0 Å². The van der Waals surface area contributed by atoms with Gasteiger partial charge >= 0.3 is 0 Å². The van der Waals surface area contributed by atoms with Crippen LogP contribution >= 0.6 is 0 Å². The second kappa shape index (κ2) is 6.22. The summed E-state index contributed by atoms with van der Waals surface area (Å²) in [6, 6.07) is 3.03. The Balaban J connectivity index is 2.13. The van der Waals surface area contributed by atoms with Gasteiger partial charge < -0.3 is 5.32 Å². The molecule has 0 aromatic carbocycles. The standard InChI is InChI=1S/C13H25N3/c1-12-10-15-7-9-16(12)8-5-4-6-13(2,3)11-14/h12,15H,4-10H2,1-3H3/t12-/m0/s1. The first kappa shape index (κ1) is 13.5. The third-order valence-corrected chi connectivity index (χ3v) is 3.44. The van der Waals surface area contributed by atoms with Crippen LogP contribution in [0.4, 0.5) is 0 Å². The van der Waals surface area contributed by atoms with E-state index in [0.29, 0.717) is 6.04 Å². The van der Waals surface area contributed by atoms with Gasteiger partial charge in [-0.05, 0) is 40.2 Å². The van der Waals surface area contributed by atoms with Crippen LogP contribution in [-0.2, 0) is 0 Å². The first-order chi connectivity index (χ1) is 7.55. The molecular formula is C13H25N3. The van der Waals surface area contributed by atoms with Crippen LogP contribution in [0.15, 0.2) is 0 Å². The zero-order valence-corrected chi connectivity index (χ0v) is 10.9. The number of hydrogen-bond acceptors (Lipinski definition) is 3. The fraction of sp³-hybridized carbons (Fsp3) is 0.923. The topological polar surface area (TPSA) is 39.1 Å². The fourth-order valence-electron chi connectivity index (χ4n) is 2.15. The minimum Gasteiger partial charge on any atom is -0.314 e. The average molecular weight is 223 g/mol. The van der Waals surface area contributed by atoms with Crippen LogP contribution in [-0.4, -0.2) is 37.1 Å². The lowest BCUT2D eigenvalue weighted by atomic mass is 9.89. The van der Waals surface area contributed by atoms with E-state index in [1.807, 2.05) is 13.8 Å². The molecule has 16 heavy (non-hydrogen) atoms. The van der Waals surface area contributed by atoms with Gasteiger partial charge in [0.1, 0.15) is 0 Å². The molecule has 1 atom stereocenters. The van der Waals surface area contributed by atoms with Gasteiger partial charge in [-0.25, -0.2) is 0 Å². The molecule has 0 saturated carbocycles. The van der Waals surface area contributed by atoms with E-state index < -0.39 is 0 Å². The molecule has 0 amide bonds. The molecule has 1 aliphatic rings. The number of hydrogen-bond donors (Lipinski definition) is 1. The van der Waals surface area contributed by atoms with Crippen molar-refractivity contribution in [2.45, 2.75) is 46.1 Å². The zero-order chi connectivity index (χ0) is 12.0. The quantitative estimate of drug-likeness (QED) is 0.725. The Hall–Kier alpha value is -0.590. The Bertz CT molecular complexity index is 242. The lowest BCUT2D eigenvalue weighted by Crippen LogP contribution is -2.49. The lowest BCUT2D eigenvalue weighted by molar-refractivity contribution is 0.169. The summed E-state index contributed by atoms with van der Waals surface area (Å²) in [7, 11) is 0. The summed E-state index contributed by atoms with van der Waals surface area (Å²) in [5.41, 5.74) is -0.144. The molecule has 0 unspecified atom stereocenters. The van der Waals surface area contributed by atoms with Gasteiger partial charge in [0, 0.05) is 25.7 Å². The van der Waals surface area contributed by atoms with Crippen molar-refractivity contribution in [2.75, 3.05) is 26.2 Å². The molecule has 0 aromatic rings. The van der Waals surface area contributed by atoms with E-state index in [9.17, 15) is 0 Å². The molecule has 1 N–H and O–H groups in total. The minimum absolute atomic E-state index is 0.144. The number of rotatable bonds is 5. The van der Waals surface area contributed by atoms with Gasteiger partial charge in [-0.1, -0.05) is 6.42 Å². The van der Waals surface area contributed by atoms with Crippen molar-refractivity contribution in [3.63, 3.8) is 0 Å². The van der Waals surface area contributed by atoms with E-state index in [1.165, 1.54) is 19.5 Å². The summed E-state index contributed by atoms with van der Waals surface area (Å²) >= 11 is 0. The highest BCUT2D eigenvalue weighted by atomic mass is 15.2. The van der Waals surface area contributed by atoms with Crippen LogP contribution in [0, 0.1) is 16.7 Å². The number of nitrogens with zero attached hydrogens (tertiary/aromatic N) is 2. The summed E-state index contributed by atoms with van der Waals surface area (Å²) in [4.78, 5) is 2.55. The van der Waals surface area contributed by atoms with Gasteiger partial charge in [-0.3, -0.25) is 4.90 Å². The normalized spacial score (nSPS) is 23.0. The Morgan fingerprint density at radius 2 is 2.19 bits per heavy atom. The van der Waals surface area contributed by atoms with E-state index in [-0.39, 0.29) is 5.41 Å². The smallest absolute Gasteiger partial charge is 0.0683 e. The Morgan fingerprint density at radius 3 is 2.81 bits per heavy atom. The summed E-state index contributed by atoms with van der Waals surface area (Å²) in [5, 5.41) is 12.3. The van der Waals surface area contributed by atoms with Crippen molar-refractivity contribution in [1.82, 2.24) is 10.2 Å². The number of piperazine rings is 1. The molecule has 0 radical (unpaired) electrons. The molecule has 1 rings (SSSR count). The maximum atomic E-state index is 8.92. The predicted molar refractivity (Wildman–Crippen MR) is 67.1 cm³/mol. The van der Waals surface area contributed by atoms with Gasteiger partial charge in [0.2, 0.25) is 0 Å². The second-order valence-electron chi connectivity index (χ2n) is 5.54. The molecule has 3 heteroatoms. The van der Waals surface area contributed by atoms with E-state index in [1.54, 1.807) is 0 Å².